The number of aliphatic hydroxyl groups is 1. The smallest absolute Gasteiger partial charge is 0.236 e. The maximum Gasteiger partial charge on any atom is 0.236 e. The van der Waals surface area contributed by atoms with Crippen LogP contribution in [0.4, 0.5) is 0 Å². The third-order valence-electron chi connectivity index (χ3n) is 1.66. The number of hydrogen-bond acceptors (Lipinski definition) is 2. The number of amides is 1. The molecule has 0 saturated heterocycles. The summed E-state index contributed by atoms with van der Waals surface area (Å²) in [6.45, 7) is 6.34. The zero-order valence-electron chi connectivity index (χ0n) is 7.87. The summed E-state index contributed by atoms with van der Waals surface area (Å²) in [5.74, 6) is 0.0106. The molecule has 0 radical (unpaired) electrons. The van der Waals surface area contributed by atoms with Crippen LogP contribution in [0.25, 0.3) is 0 Å². The van der Waals surface area contributed by atoms with Crippen LogP contribution in [0.15, 0.2) is 12.7 Å². The van der Waals surface area contributed by atoms with Crippen molar-refractivity contribution >= 4 is 21.8 Å². The van der Waals surface area contributed by atoms with Crippen LogP contribution in [-0.2, 0) is 4.79 Å². The van der Waals surface area contributed by atoms with Gasteiger partial charge in [0.25, 0.3) is 0 Å². The van der Waals surface area contributed by atoms with Gasteiger partial charge in [-0.15, -0.1) is 6.58 Å². The number of rotatable bonds is 6. The van der Waals surface area contributed by atoms with E-state index in [9.17, 15) is 4.79 Å². The van der Waals surface area contributed by atoms with Gasteiger partial charge in [-0.2, -0.15) is 0 Å². The zero-order chi connectivity index (χ0) is 10.3. The van der Waals surface area contributed by atoms with Gasteiger partial charge in [0.15, 0.2) is 0 Å². The van der Waals surface area contributed by atoms with Crippen molar-refractivity contribution in [2.75, 3.05) is 19.7 Å². The van der Waals surface area contributed by atoms with E-state index in [-0.39, 0.29) is 17.3 Å². The highest BCUT2D eigenvalue weighted by atomic mass is 79.9. The number of nitrogens with zero attached hydrogens (tertiary/aromatic N) is 1. The van der Waals surface area contributed by atoms with Gasteiger partial charge in [-0.25, -0.2) is 0 Å². The standard InChI is InChI=1S/C9H16BrNO2/c1-3-5-11(6-7-12)9(13)8(10)4-2/h3,8,12H,1,4-7H2,2H3. The topological polar surface area (TPSA) is 40.5 Å². The Bertz CT molecular complexity index is 173. The molecule has 3 nitrogen and oxygen atoms in total. The summed E-state index contributed by atoms with van der Waals surface area (Å²) in [7, 11) is 0. The third-order valence-corrected chi connectivity index (χ3v) is 2.70. The van der Waals surface area contributed by atoms with E-state index in [0.717, 1.165) is 6.42 Å². The Kier molecular flexibility index (Phi) is 6.90. The van der Waals surface area contributed by atoms with Crippen molar-refractivity contribution in [1.82, 2.24) is 4.90 Å². The fraction of sp³-hybridized carbons (Fsp3) is 0.667. The van der Waals surface area contributed by atoms with Crippen LogP contribution in [0.5, 0.6) is 0 Å². The minimum atomic E-state index is -0.154. The molecule has 1 unspecified atom stereocenters. The molecule has 0 aromatic heterocycles. The highest BCUT2D eigenvalue weighted by Gasteiger charge is 2.18. The molecule has 1 amide bonds. The first-order valence-electron chi connectivity index (χ1n) is 4.32. The summed E-state index contributed by atoms with van der Waals surface area (Å²) < 4.78 is 0. The summed E-state index contributed by atoms with van der Waals surface area (Å²) >= 11 is 3.28. The van der Waals surface area contributed by atoms with Crippen molar-refractivity contribution in [3.05, 3.63) is 12.7 Å². The predicted molar refractivity (Wildman–Crippen MR) is 56.9 cm³/mol. The van der Waals surface area contributed by atoms with E-state index < -0.39 is 0 Å². The molecule has 0 aromatic rings. The maximum absolute atomic E-state index is 11.6. The zero-order valence-corrected chi connectivity index (χ0v) is 9.46. The average molecular weight is 250 g/mol. The van der Waals surface area contributed by atoms with Crippen molar-refractivity contribution in [3.63, 3.8) is 0 Å². The Labute approximate surface area is 87.6 Å². The molecule has 0 heterocycles. The highest BCUT2D eigenvalue weighted by Crippen LogP contribution is 2.08. The molecular formula is C9H16BrNO2. The lowest BCUT2D eigenvalue weighted by Crippen LogP contribution is -2.38. The van der Waals surface area contributed by atoms with E-state index in [1.54, 1.807) is 11.0 Å². The lowest BCUT2D eigenvalue weighted by Gasteiger charge is -2.22. The van der Waals surface area contributed by atoms with Crippen molar-refractivity contribution in [1.29, 1.82) is 0 Å². The van der Waals surface area contributed by atoms with Gasteiger partial charge < -0.3 is 10.0 Å². The quantitative estimate of drug-likeness (QED) is 0.567. The van der Waals surface area contributed by atoms with E-state index in [0.29, 0.717) is 13.1 Å². The van der Waals surface area contributed by atoms with Gasteiger partial charge in [0.1, 0.15) is 0 Å². The number of aliphatic hydroxyl groups excluding tert-OH is 1. The van der Waals surface area contributed by atoms with Crippen molar-refractivity contribution in [2.24, 2.45) is 0 Å². The fourth-order valence-electron chi connectivity index (χ4n) is 0.941. The first-order chi connectivity index (χ1) is 6.17. The molecule has 4 heteroatoms. The first-order valence-corrected chi connectivity index (χ1v) is 5.23. The molecular weight excluding hydrogens is 234 g/mol. The van der Waals surface area contributed by atoms with Crippen molar-refractivity contribution < 1.29 is 9.90 Å². The Morgan fingerprint density at radius 1 is 1.77 bits per heavy atom. The Morgan fingerprint density at radius 3 is 2.77 bits per heavy atom. The normalized spacial score (nSPS) is 12.2. The number of halogens is 1. The molecule has 0 aliphatic heterocycles. The van der Waals surface area contributed by atoms with Gasteiger partial charge in [-0.05, 0) is 6.42 Å². The summed E-state index contributed by atoms with van der Waals surface area (Å²) in [4.78, 5) is 13.0. The largest absolute Gasteiger partial charge is 0.395 e. The molecule has 1 N–H and O–H groups in total. The van der Waals surface area contributed by atoms with E-state index in [4.69, 9.17) is 5.11 Å². The monoisotopic (exact) mass is 249 g/mol. The third kappa shape index (κ3) is 4.43. The van der Waals surface area contributed by atoms with Crippen LogP contribution in [-0.4, -0.2) is 40.4 Å². The molecule has 0 spiro atoms. The average Bonchev–Trinajstić information content (AvgIpc) is 2.15. The number of carbonyl (C=O) groups excluding carboxylic acids is 1. The number of hydrogen-bond donors (Lipinski definition) is 1. The van der Waals surface area contributed by atoms with E-state index in [1.807, 2.05) is 6.92 Å². The summed E-state index contributed by atoms with van der Waals surface area (Å²) in [5.41, 5.74) is 0. The lowest BCUT2D eigenvalue weighted by molar-refractivity contribution is -0.130. The van der Waals surface area contributed by atoms with Crippen molar-refractivity contribution in [2.45, 2.75) is 18.2 Å². The highest BCUT2D eigenvalue weighted by molar-refractivity contribution is 9.10. The Balaban J connectivity index is 4.17. The van der Waals surface area contributed by atoms with Gasteiger partial charge in [0.2, 0.25) is 5.91 Å². The molecule has 76 valence electrons. The molecule has 13 heavy (non-hydrogen) atoms. The van der Waals surface area contributed by atoms with Gasteiger partial charge in [0, 0.05) is 13.1 Å². The van der Waals surface area contributed by atoms with Crippen LogP contribution in [0.1, 0.15) is 13.3 Å². The minimum Gasteiger partial charge on any atom is -0.395 e. The Hall–Kier alpha value is -0.350. The second kappa shape index (κ2) is 7.09. The van der Waals surface area contributed by atoms with E-state index >= 15 is 0 Å². The molecule has 0 fully saturated rings. The molecule has 0 aliphatic carbocycles. The molecule has 0 bridgehead atoms. The number of alkyl halides is 1. The molecule has 1 atom stereocenters. The van der Waals surface area contributed by atoms with Gasteiger partial charge in [0.05, 0.1) is 11.4 Å². The van der Waals surface area contributed by atoms with Crippen LogP contribution < -0.4 is 0 Å². The molecule has 0 rings (SSSR count). The van der Waals surface area contributed by atoms with Crippen LogP contribution in [0, 0.1) is 0 Å². The second-order valence-electron chi connectivity index (χ2n) is 2.67. The van der Waals surface area contributed by atoms with E-state index in [2.05, 4.69) is 22.5 Å². The van der Waals surface area contributed by atoms with Crippen LogP contribution in [0.2, 0.25) is 0 Å². The maximum atomic E-state index is 11.6. The second-order valence-corrected chi connectivity index (χ2v) is 3.78. The Morgan fingerprint density at radius 2 is 2.38 bits per heavy atom. The van der Waals surface area contributed by atoms with Crippen LogP contribution in [0.3, 0.4) is 0 Å². The molecule has 0 aromatic carbocycles. The molecule has 0 aliphatic rings. The molecule has 0 saturated carbocycles. The minimum absolute atomic E-state index is 0.0106. The van der Waals surface area contributed by atoms with Gasteiger partial charge >= 0.3 is 0 Å². The van der Waals surface area contributed by atoms with Gasteiger partial charge in [-0.1, -0.05) is 28.9 Å². The predicted octanol–water partition coefficient (Wildman–Crippen LogP) is 1.17. The first kappa shape index (κ1) is 12.7. The number of carbonyl (C=O) groups is 1. The summed E-state index contributed by atoms with van der Waals surface area (Å²) in [6.07, 6.45) is 2.40. The van der Waals surface area contributed by atoms with E-state index in [1.165, 1.54) is 0 Å². The summed E-state index contributed by atoms with van der Waals surface area (Å²) in [6, 6.07) is 0. The van der Waals surface area contributed by atoms with Crippen LogP contribution >= 0.6 is 15.9 Å². The fourth-order valence-corrected chi connectivity index (χ4v) is 1.23. The SMILES string of the molecule is C=CCN(CCO)C(=O)C(Br)CC. The van der Waals surface area contributed by atoms with Crippen molar-refractivity contribution in [3.8, 4) is 0 Å². The summed E-state index contributed by atoms with van der Waals surface area (Å²) in [5, 5.41) is 8.72. The lowest BCUT2D eigenvalue weighted by atomic mass is 10.3. The van der Waals surface area contributed by atoms with Gasteiger partial charge in [-0.3, -0.25) is 4.79 Å².